The van der Waals surface area contributed by atoms with Crippen LogP contribution in [0.15, 0.2) is 281 Å². The second-order valence-electron chi connectivity index (χ2n) is 29.7. The lowest BCUT2D eigenvalue weighted by Crippen LogP contribution is -2.40. The Morgan fingerprint density at radius 1 is 0.556 bits per heavy atom. The minimum Gasteiger partial charge on any atom is -0.431 e. The highest BCUT2D eigenvalue weighted by atomic mass is 32.2. The number of benzene rings is 10. The van der Waals surface area contributed by atoms with E-state index in [1.54, 1.807) is 71.6 Å². The van der Waals surface area contributed by atoms with Crippen molar-refractivity contribution >= 4 is 108 Å². The number of hydrogen-bond donors (Lipinski definition) is 12. The molecule has 12 N–H and O–H groups in total. The molecule has 3 atom stereocenters. The van der Waals surface area contributed by atoms with E-state index >= 15 is 0 Å². The normalized spacial score (nSPS) is 14.2. The third-order valence-electron chi connectivity index (χ3n) is 20.6. The first kappa shape index (κ1) is 93.8. The van der Waals surface area contributed by atoms with E-state index in [2.05, 4.69) is 38.1 Å². The number of oxazole rings is 1. The van der Waals surface area contributed by atoms with Crippen LogP contribution in [0.4, 0.5) is 11.4 Å². The molecule has 2 aliphatic rings. The molecule has 2 aliphatic heterocycles. The van der Waals surface area contributed by atoms with Gasteiger partial charge in [-0.3, -0.25) is 63.7 Å². The zero-order chi connectivity index (χ0) is 89.0. The number of aliphatic hydroxyl groups is 3. The van der Waals surface area contributed by atoms with E-state index in [1.165, 1.54) is 57.5 Å². The molecule has 126 heavy (non-hydrogen) atoms. The number of aromatic amines is 1. The minimum atomic E-state index is -3.62. The number of nitrogens with one attached hydrogen (secondary N) is 6. The first-order valence-corrected chi connectivity index (χ1v) is 43.8. The van der Waals surface area contributed by atoms with E-state index < -0.39 is 40.6 Å². The number of H-pyrrole nitrogens is 1. The Hall–Kier alpha value is -12.9. The smallest absolute Gasteiger partial charge is 0.267 e. The molecule has 14 rings (SSSR count). The van der Waals surface area contributed by atoms with Crippen molar-refractivity contribution in [2.24, 2.45) is 0 Å². The number of aliphatic hydroxyl groups excluding tert-OH is 3. The molecular formula is C97H101N9O18S2. The van der Waals surface area contributed by atoms with Crippen molar-refractivity contribution in [3.63, 3.8) is 0 Å². The molecule has 4 heterocycles. The fraction of sp³-hybridized carbons (Fsp3) is 0.237. The first-order chi connectivity index (χ1) is 61.3. The van der Waals surface area contributed by atoms with Gasteiger partial charge < -0.3 is 39.5 Å². The molecule has 654 valence electrons. The number of ether oxygens (including phenoxy) is 2. The summed E-state index contributed by atoms with van der Waals surface area (Å²) in [6, 6.07) is 79.0. The molecule has 6 amide bonds. The fourth-order valence-corrected chi connectivity index (χ4v) is 16.0. The van der Waals surface area contributed by atoms with Crippen LogP contribution in [0.3, 0.4) is 0 Å². The molecule has 0 spiro atoms. The van der Waals surface area contributed by atoms with Crippen LogP contribution < -0.4 is 26.5 Å². The first-order valence-electron chi connectivity index (χ1n) is 41.3. The van der Waals surface area contributed by atoms with Gasteiger partial charge in [-0.05, 0) is 137 Å². The molecule has 1 saturated heterocycles. The molecule has 27 nitrogen and oxygen atoms in total. The van der Waals surface area contributed by atoms with Crippen LogP contribution in [-0.4, -0.2) is 145 Å². The van der Waals surface area contributed by atoms with Crippen LogP contribution in [0.2, 0.25) is 0 Å². The number of ketones is 1. The maximum Gasteiger partial charge on any atom is 0.267 e. The Bertz CT molecular complexity index is 5610. The van der Waals surface area contributed by atoms with Crippen molar-refractivity contribution in [1.82, 2.24) is 36.2 Å². The zero-order valence-corrected chi connectivity index (χ0v) is 70.8. The molecule has 0 radical (unpaired) electrons. The topological polar surface area (TPSA) is 402 Å². The number of anilines is 2. The number of nitrogens with zero attached hydrogens (tertiary/aromatic N) is 3. The number of amides is 6. The predicted octanol–water partition coefficient (Wildman–Crippen LogP) is 15.9. The average molecular weight is 1750 g/mol. The number of para-hydroxylation sites is 1. The second-order valence-corrected chi connectivity index (χ2v) is 32.3. The third-order valence-corrected chi connectivity index (χ3v) is 23.0. The van der Waals surface area contributed by atoms with E-state index in [0.717, 1.165) is 118 Å². The number of Topliss-reactive ketones (excluding diaryl/α,β-unsaturated/α-hetero) is 1. The molecule has 0 saturated carbocycles. The van der Waals surface area contributed by atoms with Gasteiger partial charge in [0.15, 0.2) is 17.8 Å². The van der Waals surface area contributed by atoms with Crippen molar-refractivity contribution in [3.8, 4) is 22.6 Å². The number of imide groups is 1. The molecular weight excluding hydrogens is 1640 g/mol. The molecule has 1 fully saturated rings. The van der Waals surface area contributed by atoms with Gasteiger partial charge in [0.2, 0.25) is 11.8 Å². The summed E-state index contributed by atoms with van der Waals surface area (Å²) in [4.78, 5) is 94.0. The lowest BCUT2D eigenvalue weighted by Gasteiger charge is -2.36. The summed E-state index contributed by atoms with van der Waals surface area (Å²) in [6.45, 7) is 2.19. The van der Waals surface area contributed by atoms with Gasteiger partial charge in [0.05, 0.1) is 30.3 Å². The van der Waals surface area contributed by atoms with Crippen molar-refractivity contribution in [1.29, 1.82) is 0 Å². The number of carbonyl (C=O) groups is 7. The van der Waals surface area contributed by atoms with Gasteiger partial charge in [-0.25, -0.2) is 29.8 Å². The molecule has 0 bridgehead atoms. The van der Waals surface area contributed by atoms with Crippen molar-refractivity contribution in [2.45, 2.75) is 119 Å². The van der Waals surface area contributed by atoms with Crippen LogP contribution in [0, 0.1) is 0 Å². The summed E-state index contributed by atoms with van der Waals surface area (Å²) in [7, 11) is -3.62. The van der Waals surface area contributed by atoms with Gasteiger partial charge >= 0.3 is 0 Å². The highest BCUT2D eigenvalue weighted by Crippen LogP contribution is 2.42. The monoisotopic (exact) mass is 1740 g/mol. The average Bonchev–Trinajstić information content (AvgIpc) is 0.860. The number of rotatable bonds is 37. The van der Waals surface area contributed by atoms with Gasteiger partial charge in [-0.2, -0.15) is 0 Å². The van der Waals surface area contributed by atoms with Crippen LogP contribution in [-0.2, 0) is 63.0 Å². The summed E-state index contributed by atoms with van der Waals surface area (Å²) in [5.41, 5.74) is 17.3. The molecule has 12 aromatic rings. The number of aromatic nitrogens is 2. The van der Waals surface area contributed by atoms with Gasteiger partial charge in [-0.15, -0.1) is 0 Å². The Balaban J connectivity index is 0.000000176. The maximum absolute atomic E-state index is 12.6. The Morgan fingerprint density at radius 2 is 1.11 bits per heavy atom. The van der Waals surface area contributed by atoms with Crippen molar-refractivity contribution < 1.29 is 86.8 Å². The fourth-order valence-electron chi connectivity index (χ4n) is 14.0. The van der Waals surface area contributed by atoms with Crippen LogP contribution in [0.25, 0.3) is 56.4 Å². The number of thioether (sulfide) groups is 1. The zero-order valence-electron chi connectivity index (χ0n) is 69.2. The number of fused-ring (bicyclic) bond motifs is 1. The lowest BCUT2D eigenvalue weighted by atomic mass is 9.94. The van der Waals surface area contributed by atoms with E-state index in [4.69, 9.17) is 39.6 Å². The number of carbonyl (C=O) groups excluding carboxylic acids is 7. The van der Waals surface area contributed by atoms with E-state index in [1.807, 2.05) is 170 Å². The number of unbranched alkanes of at least 4 members (excludes halogenated alkanes) is 5. The molecule has 0 aliphatic carbocycles. The van der Waals surface area contributed by atoms with Crippen LogP contribution >= 0.6 is 11.8 Å². The highest BCUT2D eigenvalue weighted by molar-refractivity contribution is 7.99. The van der Waals surface area contributed by atoms with Gasteiger partial charge in [0, 0.05) is 132 Å². The van der Waals surface area contributed by atoms with E-state index in [0.29, 0.717) is 90.7 Å². The van der Waals surface area contributed by atoms with Crippen molar-refractivity contribution in [2.75, 3.05) is 48.6 Å². The largest absolute Gasteiger partial charge is 0.431 e. The number of hydrogen-bond acceptors (Lipinski definition) is 21. The standard InChI is InChI=1S/C42H44N2O7S.C22H25N3O3.C18H18N2O4.C15H14N2O4S/c45-26-29-17-19-30(20-18-29)37-25-36(28-52-42-44-39(31-11-5-3-6-12-31)40(51-42)32-13-7-4-8-14-32)49-41(50-37)33-21-23-34(24-22-33)43-38(48)16-10-2-1-9-15-35(47)27-46;26-14-13-25(12-11-20-15-19-3-1-2-4-21(19)23-20)16-18-7-5-17(6-8-18)9-10-22(27)24-28;21-15(19-24)10-2-1-3-11-20-17(22)13-8-4-6-12-7-5-9-14(16(12)13)18(20)23;18-15(16-19)11-8-12-6-9-13(10-7-12)17-22(20,21)14-4-2-1-3-5-14/h3-8,11-14,17-24,36-37,41,45-46H,1-2,9-10,15-16,25-28H2,(H,43,48);1-10,15,23,26,28H,11-14,16H2,(H,24,27);4-9,24H,1-3,10-11H2,(H,19,21);1-11,17,19H,(H,16,18)/b;10-9+;;11-8+/t36-,37+,41+;;;/m1.../s1. The molecule has 10 aromatic carbocycles. The van der Waals surface area contributed by atoms with Gasteiger partial charge in [0.1, 0.15) is 12.3 Å². The van der Waals surface area contributed by atoms with Gasteiger partial charge in [0.25, 0.3) is 38.9 Å². The van der Waals surface area contributed by atoms with Crippen molar-refractivity contribution in [3.05, 3.63) is 317 Å². The SMILES string of the molecule is O=C(/C=C/c1ccc(CN(CCO)CCc2cc3ccccc3[nH]2)cc1)NO.O=C(/C=C/c1ccc(NS(=O)(=O)c2ccccc2)cc1)NO.O=C(CCCCCN1C(=O)c2cccc3cccc(c23)C1=O)NO.O=C(CO)CCCCCCC(=O)Nc1ccc([C@H]2O[C@@H](CSc3nc(-c4ccccc4)c(-c4ccccc4)o3)C[C@@H](c3ccc(CO)cc3)O2)cc1. The number of hydroxylamine groups is 3. The Labute approximate surface area is 734 Å². The maximum atomic E-state index is 12.6. The van der Waals surface area contributed by atoms with Crippen LogP contribution in [0.1, 0.15) is 143 Å². The minimum absolute atomic E-state index is 0.0284. The molecule has 0 unspecified atom stereocenters. The van der Waals surface area contributed by atoms with Gasteiger partial charge in [-0.1, -0.05) is 225 Å². The number of sulfonamides is 1. The molecule has 29 heteroatoms. The summed E-state index contributed by atoms with van der Waals surface area (Å²) < 4.78 is 46.2. The third kappa shape index (κ3) is 28.1. The summed E-state index contributed by atoms with van der Waals surface area (Å²) in [5, 5.41) is 59.5. The van der Waals surface area contributed by atoms with Crippen LogP contribution in [0.5, 0.6) is 0 Å². The Morgan fingerprint density at radius 3 is 1.71 bits per heavy atom. The molecule has 2 aromatic heterocycles. The quantitative estimate of drug-likeness (QED) is 0.00430. The van der Waals surface area contributed by atoms with E-state index in [9.17, 15) is 52.2 Å². The highest BCUT2D eigenvalue weighted by Gasteiger charge is 2.35. The second kappa shape index (κ2) is 48.4. The summed E-state index contributed by atoms with van der Waals surface area (Å²) in [6.07, 6.45) is 12.0. The predicted molar refractivity (Wildman–Crippen MR) is 482 cm³/mol. The van der Waals surface area contributed by atoms with E-state index in [-0.39, 0.29) is 60.2 Å². The lowest BCUT2D eigenvalue weighted by molar-refractivity contribution is -0.245. The summed E-state index contributed by atoms with van der Waals surface area (Å²) >= 11 is 1.51. The summed E-state index contributed by atoms with van der Waals surface area (Å²) in [5.74, 6) is -1.07. The Kier molecular flexibility index (Phi) is 36.0.